The molecule has 3 rings (SSSR count). The van der Waals surface area contributed by atoms with E-state index in [1.54, 1.807) is 0 Å². The largest absolute Gasteiger partial charge is 0.372 e. The topological polar surface area (TPSA) is 36.9 Å². The van der Waals surface area contributed by atoms with Crippen LogP contribution in [0.4, 0.5) is 0 Å². The molecule has 1 heterocycles. The van der Waals surface area contributed by atoms with Crippen LogP contribution in [0.3, 0.4) is 0 Å². The number of nitrogens with zero attached hydrogens (tertiary/aromatic N) is 2. The van der Waals surface area contributed by atoms with Gasteiger partial charge in [-0.2, -0.15) is 0 Å². The molecule has 1 aliphatic rings. The second-order valence-corrected chi connectivity index (χ2v) is 5.73. The summed E-state index contributed by atoms with van der Waals surface area (Å²) in [5, 5.41) is 3.42. The molecule has 128 valence electrons. The van der Waals surface area contributed by atoms with Gasteiger partial charge in [-0.3, -0.25) is 4.99 Å². The van der Waals surface area contributed by atoms with Crippen molar-refractivity contribution < 1.29 is 4.74 Å². The number of ether oxygens (including phenoxy) is 1. The number of hydrogen-bond acceptors (Lipinski definition) is 4. The van der Waals surface area contributed by atoms with E-state index in [0.717, 1.165) is 25.6 Å². The van der Waals surface area contributed by atoms with E-state index in [4.69, 9.17) is 4.74 Å². The van der Waals surface area contributed by atoms with Crippen LogP contribution in [-0.4, -0.2) is 31.0 Å². The van der Waals surface area contributed by atoms with Crippen LogP contribution in [-0.2, 0) is 24.5 Å². The van der Waals surface area contributed by atoms with E-state index < -0.39 is 0 Å². The third-order valence-corrected chi connectivity index (χ3v) is 3.98. The van der Waals surface area contributed by atoms with Crippen molar-refractivity contribution in [2.75, 3.05) is 20.1 Å². The average Bonchev–Trinajstić information content (AvgIpc) is 3.00. The molecule has 0 saturated carbocycles. The Morgan fingerprint density at radius 1 is 1.00 bits per heavy atom. The van der Waals surface area contributed by atoms with Gasteiger partial charge in [-0.1, -0.05) is 54.6 Å². The van der Waals surface area contributed by atoms with Crippen molar-refractivity contribution in [3.63, 3.8) is 0 Å². The van der Waals surface area contributed by atoms with Gasteiger partial charge in [0.25, 0.3) is 0 Å². The highest BCUT2D eigenvalue weighted by Gasteiger charge is 2.12. The third-order valence-electron chi connectivity index (χ3n) is 3.98. The molecule has 24 heavy (non-hydrogen) atoms. The fourth-order valence-corrected chi connectivity index (χ4v) is 2.62. The molecule has 5 heteroatoms. The molecule has 4 nitrogen and oxygen atoms in total. The fraction of sp³-hybridized carbons (Fsp3) is 0.316. The number of halogens is 1. The lowest BCUT2D eigenvalue weighted by Crippen LogP contribution is -2.35. The van der Waals surface area contributed by atoms with E-state index in [-0.39, 0.29) is 24.0 Å². The van der Waals surface area contributed by atoms with Crippen LogP contribution in [0.1, 0.15) is 16.7 Å². The molecule has 0 radical (unpaired) electrons. The summed E-state index contributed by atoms with van der Waals surface area (Å²) in [6.07, 6.45) is 0. The molecular formula is C19H24IN3O. The smallest absolute Gasteiger partial charge is 0.194 e. The molecule has 2 aromatic rings. The monoisotopic (exact) mass is 437 g/mol. The number of nitrogens with one attached hydrogen (secondary N) is 1. The number of rotatable bonds is 6. The van der Waals surface area contributed by atoms with Crippen LogP contribution in [0.5, 0.6) is 0 Å². The van der Waals surface area contributed by atoms with E-state index in [2.05, 4.69) is 58.7 Å². The molecule has 0 amide bonds. The first-order valence-corrected chi connectivity index (χ1v) is 8.01. The van der Waals surface area contributed by atoms with Crippen molar-refractivity contribution in [3.8, 4) is 0 Å². The molecule has 1 aliphatic heterocycles. The quantitative estimate of drug-likeness (QED) is 0.704. The zero-order valence-electron chi connectivity index (χ0n) is 13.9. The minimum Gasteiger partial charge on any atom is -0.372 e. The van der Waals surface area contributed by atoms with E-state index in [1.165, 1.54) is 16.7 Å². The maximum atomic E-state index is 5.87. The van der Waals surface area contributed by atoms with Crippen LogP contribution < -0.4 is 5.32 Å². The van der Waals surface area contributed by atoms with Gasteiger partial charge in [-0.05, 0) is 16.7 Å². The van der Waals surface area contributed by atoms with Crippen molar-refractivity contribution in [2.24, 2.45) is 4.99 Å². The summed E-state index contributed by atoms with van der Waals surface area (Å²) in [7, 11) is 2.06. The Hall–Kier alpha value is -1.60. The van der Waals surface area contributed by atoms with Gasteiger partial charge in [0, 0.05) is 20.1 Å². The number of guanidine groups is 1. The zero-order valence-corrected chi connectivity index (χ0v) is 16.3. The van der Waals surface area contributed by atoms with E-state index in [0.29, 0.717) is 13.2 Å². The molecule has 1 N–H and O–H groups in total. The summed E-state index contributed by atoms with van der Waals surface area (Å²) in [4.78, 5) is 6.61. The second-order valence-electron chi connectivity index (χ2n) is 5.73. The van der Waals surface area contributed by atoms with Crippen LogP contribution in [0.25, 0.3) is 0 Å². The Morgan fingerprint density at radius 3 is 2.42 bits per heavy atom. The summed E-state index contributed by atoms with van der Waals surface area (Å²) < 4.78 is 5.87. The second kappa shape index (κ2) is 9.64. The van der Waals surface area contributed by atoms with Crippen LogP contribution in [0, 0.1) is 0 Å². The van der Waals surface area contributed by atoms with Gasteiger partial charge in [0.1, 0.15) is 0 Å². The first-order chi connectivity index (χ1) is 11.3. The summed E-state index contributed by atoms with van der Waals surface area (Å²) >= 11 is 0. The maximum Gasteiger partial charge on any atom is 0.194 e. The molecule has 0 bridgehead atoms. The van der Waals surface area contributed by atoms with Crippen LogP contribution >= 0.6 is 24.0 Å². The summed E-state index contributed by atoms with van der Waals surface area (Å²) in [6, 6.07) is 18.7. The van der Waals surface area contributed by atoms with E-state index >= 15 is 0 Å². The molecule has 0 atom stereocenters. The molecule has 0 aromatic heterocycles. The summed E-state index contributed by atoms with van der Waals surface area (Å²) in [6.45, 7) is 3.89. The molecular weight excluding hydrogens is 413 g/mol. The lowest BCUT2D eigenvalue weighted by atomic mass is 10.1. The minimum atomic E-state index is 0. The zero-order chi connectivity index (χ0) is 15.9. The number of benzene rings is 2. The van der Waals surface area contributed by atoms with E-state index in [9.17, 15) is 0 Å². The predicted octanol–water partition coefficient (Wildman–Crippen LogP) is 3.41. The first kappa shape index (κ1) is 18.7. The van der Waals surface area contributed by atoms with Gasteiger partial charge in [-0.25, -0.2) is 0 Å². The number of likely N-dealkylation sites (N-methyl/N-ethyl adjacent to an activating group) is 1. The SMILES string of the molecule is CN1CCN=C1NCc1ccccc1COCc1ccccc1.I. The van der Waals surface area contributed by atoms with Crippen LogP contribution in [0.15, 0.2) is 59.6 Å². The van der Waals surface area contributed by atoms with Crippen molar-refractivity contribution in [2.45, 2.75) is 19.8 Å². The lowest BCUT2D eigenvalue weighted by molar-refractivity contribution is 0.106. The predicted molar refractivity (Wildman–Crippen MR) is 109 cm³/mol. The average molecular weight is 437 g/mol. The standard InChI is InChI=1S/C19H23N3O.HI/c1-22-12-11-20-19(22)21-13-17-9-5-6-10-18(17)15-23-14-16-7-3-2-4-8-16;/h2-10H,11-15H2,1H3,(H,20,21);1H. The molecule has 0 fully saturated rings. The van der Waals surface area contributed by atoms with Crippen molar-refractivity contribution in [1.82, 2.24) is 10.2 Å². The maximum absolute atomic E-state index is 5.87. The highest BCUT2D eigenvalue weighted by atomic mass is 127. The first-order valence-electron chi connectivity index (χ1n) is 8.01. The molecule has 0 aliphatic carbocycles. The van der Waals surface area contributed by atoms with Gasteiger partial charge in [0.15, 0.2) is 5.96 Å². The van der Waals surface area contributed by atoms with Crippen molar-refractivity contribution in [1.29, 1.82) is 0 Å². The highest BCUT2D eigenvalue weighted by Crippen LogP contribution is 2.12. The Kier molecular flexibility index (Phi) is 7.52. The minimum absolute atomic E-state index is 0. The Bertz CT molecular complexity index is 661. The number of hydrogen-bond donors (Lipinski definition) is 1. The van der Waals surface area contributed by atoms with Crippen molar-refractivity contribution in [3.05, 3.63) is 71.3 Å². The molecule has 0 spiro atoms. The van der Waals surface area contributed by atoms with Gasteiger partial charge < -0.3 is 15.0 Å². The van der Waals surface area contributed by atoms with Gasteiger partial charge >= 0.3 is 0 Å². The lowest BCUT2D eigenvalue weighted by Gasteiger charge is -2.16. The Morgan fingerprint density at radius 2 is 1.71 bits per heavy atom. The normalized spacial score (nSPS) is 13.4. The van der Waals surface area contributed by atoms with Gasteiger partial charge in [-0.15, -0.1) is 24.0 Å². The third kappa shape index (κ3) is 5.21. The summed E-state index contributed by atoms with van der Waals surface area (Å²) in [5.41, 5.74) is 3.67. The van der Waals surface area contributed by atoms with Gasteiger partial charge in [0.05, 0.1) is 19.8 Å². The Balaban J connectivity index is 0.00000208. The molecule has 2 aromatic carbocycles. The van der Waals surface area contributed by atoms with Crippen molar-refractivity contribution >= 4 is 29.9 Å². The molecule has 0 unspecified atom stereocenters. The van der Waals surface area contributed by atoms with E-state index in [1.807, 2.05) is 18.2 Å². The Labute approximate surface area is 160 Å². The van der Waals surface area contributed by atoms with Gasteiger partial charge in [0.2, 0.25) is 0 Å². The van der Waals surface area contributed by atoms with Crippen LogP contribution in [0.2, 0.25) is 0 Å². The molecule has 0 saturated heterocycles. The summed E-state index contributed by atoms with van der Waals surface area (Å²) in [5.74, 6) is 0.977. The highest BCUT2D eigenvalue weighted by molar-refractivity contribution is 14.0. The fourth-order valence-electron chi connectivity index (χ4n) is 2.62. The number of aliphatic imine (C=N–C) groups is 1.